The minimum absolute atomic E-state index is 0.0523. The van der Waals surface area contributed by atoms with E-state index >= 15 is 0 Å². The number of morpholine rings is 1. The molecule has 10 heteroatoms. The number of ether oxygens (including phenoxy) is 3. The highest BCUT2D eigenvalue weighted by Gasteiger charge is 2.32. The van der Waals surface area contributed by atoms with Crippen LogP contribution in [0.25, 0.3) is 0 Å². The number of nitrogens with zero attached hydrogens (tertiary/aromatic N) is 1. The molecule has 1 N–H and O–H groups in total. The van der Waals surface area contributed by atoms with E-state index in [1.165, 1.54) is 22.5 Å². The normalized spacial score (nSPS) is 21.4. The van der Waals surface area contributed by atoms with Crippen LogP contribution in [-0.4, -0.2) is 50.7 Å². The Labute approximate surface area is 179 Å². The lowest BCUT2D eigenvalue weighted by Gasteiger charge is -2.34. The number of rotatable bonds is 4. The number of hydrogen-bond acceptors (Lipinski definition) is 6. The number of anilines is 1. The Morgan fingerprint density at radius 3 is 2.43 bits per heavy atom. The first-order valence-corrected chi connectivity index (χ1v) is 11.2. The van der Waals surface area contributed by atoms with Crippen molar-refractivity contribution in [3.63, 3.8) is 0 Å². The summed E-state index contributed by atoms with van der Waals surface area (Å²) in [6.45, 7) is 4.35. The quantitative estimate of drug-likeness (QED) is 0.766. The van der Waals surface area contributed by atoms with E-state index in [4.69, 9.17) is 25.8 Å². The second kappa shape index (κ2) is 8.07. The molecule has 160 valence electrons. The summed E-state index contributed by atoms with van der Waals surface area (Å²) in [4.78, 5) is 12.7. The number of nitrogens with one attached hydrogen (secondary N) is 1. The molecule has 30 heavy (non-hydrogen) atoms. The molecule has 2 aromatic rings. The Balaban J connectivity index is 1.49. The molecule has 1 saturated heterocycles. The van der Waals surface area contributed by atoms with Gasteiger partial charge in [0.25, 0.3) is 5.91 Å². The zero-order valence-electron chi connectivity index (χ0n) is 16.4. The first-order valence-electron chi connectivity index (χ1n) is 9.40. The van der Waals surface area contributed by atoms with E-state index in [2.05, 4.69) is 5.32 Å². The van der Waals surface area contributed by atoms with Gasteiger partial charge >= 0.3 is 0 Å². The highest BCUT2D eigenvalue weighted by Crippen LogP contribution is 2.39. The summed E-state index contributed by atoms with van der Waals surface area (Å²) in [6, 6.07) is 9.08. The predicted octanol–water partition coefficient (Wildman–Crippen LogP) is 3.12. The number of amides is 1. The number of carbonyl (C=O) groups is 1. The van der Waals surface area contributed by atoms with Crippen molar-refractivity contribution in [1.82, 2.24) is 4.31 Å². The molecule has 2 aliphatic rings. The summed E-state index contributed by atoms with van der Waals surface area (Å²) in [7, 11) is -3.64. The van der Waals surface area contributed by atoms with Crippen molar-refractivity contribution in [2.24, 2.45) is 0 Å². The minimum atomic E-state index is -3.64. The molecule has 0 saturated carbocycles. The average molecular weight is 453 g/mol. The van der Waals surface area contributed by atoms with Gasteiger partial charge in [-0.3, -0.25) is 4.79 Å². The van der Waals surface area contributed by atoms with E-state index in [1.54, 1.807) is 18.2 Å². The van der Waals surface area contributed by atoms with Crippen LogP contribution in [-0.2, 0) is 14.8 Å². The standard InChI is InChI=1S/C20H21ClN2O6S/c1-12-9-23(10-13(2)29-12)30(25,26)16-5-3-15(4-6-16)22-20(24)14-7-17(21)19-18(8-14)27-11-28-19/h3-8,12-13H,9-11H2,1-2H3,(H,22,24)/t12-,13-/m1/s1. The fraction of sp³-hybridized carbons (Fsp3) is 0.350. The molecular formula is C20H21ClN2O6S. The lowest BCUT2D eigenvalue weighted by molar-refractivity contribution is -0.0440. The van der Waals surface area contributed by atoms with Gasteiger partial charge in [-0.15, -0.1) is 0 Å². The van der Waals surface area contributed by atoms with Crippen molar-refractivity contribution in [3.8, 4) is 11.5 Å². The third-order valence-corrected chi connectivity index (χ3v) is 6.95. The Bertz CT molecular complexity index is 1060. The third-order valence-electron chi connectivity index (χ3n) is 4.83. The van der Waals surface area contributed by atoms with E-state index in [0.717, 1.165) is 0 Å². The molecule has 0 radical (unpaired) electrons. The van der Waals surface area contributed by atoms with Gasteiger partial charge < -0.3 is 19.5 Å². The first-order chi connectivity index (χ1) is 14.2. The Kier molecular flexibility index (Phi) is 5.63. The number of halogens is 1. The Hall–Kier alpha value is -2.33. The van der Waals surface area contributed by atoms with Crippen LogP contribution in [0, 0.1) is 0 Å². The van der Waals surface area contributed by atoms with Gasteiger partial charge in [0.2, 0.25) is 16.8 Å². The third kappa shape index (κ3) is 4.11. The molecule has 0 spiro atoms. The van der Waals surface area contributed by atoms with Crippen molar-refractivity contribution in [2.45, 2.75) is 31.0 Å². The lowest BCUT2D eigenvalue weighted by atomic mass is 10.2. The summed E-state index contributed by atoms with van der Waals surface area (Å²) < 4.78 is 43.4. The van der Waals surface area contributed by atoms with E-state index in [1.807, 2.05) is 13.8 Å². The molecule has 1 fully saturated rings. The minimum Gasteiger partial charge on any atom is -0.454 e. The van der Waals surface area contributed by atoms with Crippen LogP contribution >= 0.6 is 11.6 Å². The van der Waals surface area contributed by atoms with Crippen LogP contribution in [0.1, 0.15) is 24.2 Å². The second-order valence-corrected chi connectivity index (χ2v) is 9.59. The van der Waals surface area contributed by atoms with Crippen LogP contribution in [0.3, 0.4) is 0 Å². The van der Waals surface area contributed by atoms with Crippen molar-refractivity contribution >= 4 is 33.2 Å². The lowest BCUT2D eigenvalue weighted by Crippen LogP contribution is -2.48. The van der Waals surface area contributed by atoms with Gasteiger partial charge in [0.05, 0.1) is 22.1 Å². The molecule has 0 unspecified atom stereocenters. The topological polar surface area (TPSA) is 94.2 Å². The number of fused-ring (bicyclic) bond motifs is 1. The molecular weight excluding hydrogens is 432 g/mol. The van der Waals surface area contributed by atoms with Gasteiger partial charge in [0.1, 0.15) is 0 Å². The smallest absolute Gasteiger partial charge is 0.255 e. The fourth-order valence-corrected chi connectivity index (χ4v) is 5.34. The summed E-state index contributed by atoms with van der Waals surface area (Å²) in [6.07, 6.45) is -0.341. The molecule has 2 atom stereocenters. The maximum absolute atomic E-state index is 12.9. The molecule has 4 rings (SSSR count). The molecule has 2 aromatic carbocycles. The molecule has 2 aliphatic heterocycles. The molecule has 0 aliphatic carbocycles. The number of hydrogen-bond donors (Lipinski definition) is 1. The van der Waals surface area contributed by atoms with Gasteiger partial charge in [-0.1, -0.05) is 11.6 Å². The van der Waals surface area contributed by atoms with Crippen LogP contribution in [0.2, 0.25) is 5.02 Å². The number of sulfonamides is 1. The maximum Gasteiger partial charge on any atom is 0.255 e. The van der Waals surface area contributed by atoms with Gasteiger partial charge in [-0.25, -0.2) is 8.42 Å². The van der Waals surface area contributed by atoms with Crippen molar-refractivity contribution in [3.05, 3.63) is 47.0 Å². The van der Waals surface area contributed by atoms with Crippen LogP contribution < -0.4 is 14.8 Å². The molecule has 8 nitrogen and oxygen atoms in total. The summed E-state index contributed by atoms with van der Waals surface area (Å²) in [5, 5.41) is 3.01. The van der Waals surface area contributed by atoms with E-state index in [9.17, 15) is 13.2 Å². The zero-order chi connectivity index (χ0) is 21.5. The predicted molar refractivity (Wildman–Crippen MR) is 111 cm³/mol. The summed E-state index contributed by atoms with van der Waals surface area (Å²) in [5.74, 6) is 0.416. The molecule has 2 heterocycles. The van der Waals surface area contributed by atoms with E-state index < -0.39 is 15.9 Å². The monoisotopic (exact) mass is 452 g/mol. The molecule has 0 bridgehead atoms. The van der Waals surface area contributed by atoms with Gasteiger partial charge in [0.15, 0.2) is 11.5 Å². The Morgan fingerprint density at radius 1 is 1.10 bits per heavy atom. The van der Waals surface area contributed by atoms with E-state index in [0.29, 0.717) is 35.8 Å². The highest BCUT2D eigenvalue weighted by molar-refractivity contribution is 7.89. The number of benzene rings is 2. The fourth-order valence-electron chi connectivity index (χ4n) is 3.49. The maximum atomic E-state index is 12.9. The van der Waals surface area contributed by atoms with Crippen LogP contribution in [0.4, 0.5) is 5.69 Å². The van der Waals surface area contributed by atoms with Crippen molar-refractivity contribution in [2.75, 3.05) is 25.2 Å². The zero-order valence-corrected chi connectivity index (χ0v) is 18.0. The van der Waals surface area contributed by atoms with Crippen molar-refractivity contribution < 1.29 is 27.4 Å². The second-order valence-electron chi connectivity index (χ2n) is 7.25. The van der Waals surface area contributed by atoms with Crippen LogP contribution in [0.15, 0.2) is 41.3 Å². The highest BCUT2D eigenvalue weighted by atomic mass is 35.5. The van der Waals surface area contributed by atoms with Gasteiger partial charge in [0, 0.05) is 24.3 Å². The van der Waals surface area contributed by atoms with Crippen molar-refractivity contribution in [1.29, 1.82) is 0 Å². The first kappa shape index (κ1) is 20.9. The number of carbonyl (C=O) groups excluding carboxylic acids is 1. The van der Waals surface area contributed by atoms with Gasteiger partial charge in [-0.2, -0.15) is 4.31 Å². The summed E-state index contributed by atoms with van der Waals surface area (Å²) >= 11 is 6.12. The SMILES string of the molecule is C[C@@H]1CN(S(=O)(=O)c2ccc(NC(=O)c3cc(Cl)c4c(c3)OCO4)cc2)C[C@@H](C)O1. The van der Waals surface area contributed by atoms with Gasteiger partial charge in [-0.05, 0) is 50.2 Å². The average Bonchev–Trinajstić information content (AvgIpc) is 3.17. The van der Waals surface area contributed by atoms with E-state index in [-0.39, 0.29) is 28.9 Å². The summed E-state index contributed by atoms with van der Waals surface area (Å²) in [5.41, 5.74) is 0.758. The molecule has 0 aromatic heterocycles. The van der Waals surface area contributed by atoms with Crippen LogP contribution in [0.5, 0.6) is 11.5 Å². The largest absolute Gasteiger partial charge is 0.454 e. The molecule has 1 amide bonds. The Morgan fingerprint density at radius 2 is 1.77 bits per heavy atom.